The maximum atomic E-state index is 14.0. The summed E-state index contributed by atoms with van der Waals surface area (Å²) >= 11 is 6.75. The zero-order chi connectivity index (χ0) is 32.9. The van der Waals surface area contributed by atoms with Crippen LogP contribution in [0.25, 0.3) is 16.7 Å². The predicted molar refractivity (Wildman–Crippen MR) is 168 cm³/mol. The van der Waals surface area contributed by atoms with E-state index >= 15 is 0 Å². The number of rotatable bonds is 9. The summed E-state index contributed by atoms with van der Waals surface area (Å²) in [6.07, 6.45) is 2.93. The number of nitrogens with one attached hydrogen (secondary N) is 2. The SMILES string of the molecule is CNc1nccn2ncc(Oc3cnc4nc(Nc5cc(C(F)(F)F)cn(C6CC(OCc7ccccc7)C6)c5=O)n(C)c4c3Cl)c12. The Kier molecular flexibility index (Phi) is 7.72. The minimum Gasteiger partial charge on any atom is -0.450 e. The monoisotopic (exact) mass is 665 g/mol. The van der Waals surface area contributed by atoms with E-state index in [2.05, 4.69) is 30.7 Å². The number of ether oxygens (including phenoxy) is 2. The van der Waals surface area contributed by atoms with Crippen LogP contribution >= 0.6 is 11.6 Å². The van der Waals surface area contributed by atoms with Gasteiger partial charge < -0.3 is 29.2 Å². The van der Waals surface area contributed by atoms with Crippen LogP contribution < -0.4 is 20.9 Å². The summed E-state index contributed by atoms with van der Waals surface area (Å²) in [4.78, 5) is 26.6. The highest BCUT2D eigenvalue weighted by molar-refractivity contribution is 6.36. The lowest BCUT2D eigenvalue weighted by molar-refractivity contribution is -0.138. The molecule has 1 saturated carbocycles. The van der Waals surface area contributed by atoms with Crippen molar-refractivity contribution in [1.29, 1.82) is 0 Å². The lowest BCUT2D eigenvalue weighted by atomic mass is 9.88. The number of hydrogen-bond acceptors (Lipinski definition) is 9. The van der Waals surface area contributed by atoms with Gasteiger partial charge in [-0.1, -0.05) is 41.9 Å². The third-order valence-electron chi connectivity index (χ3n) is 8.07. The van der Waals surface area contributed by atoms with Crippen molar-refractivity contribution in [2.75, 3.05) is 17.7 Å². The maximum Gasteiger partial charge on any atom is 0.417 e. The minimum absolute atomic E-state index is 0.0601. The van der Waals surface area contributed by atoms with Crippen LogP contribution in [-0.2, 0) is 24.6 Å². The second kappa shape index (κ2) is 11.9. The molecule has 0 unspecified atom stereocenters. The number of aromatic nitrogens is 7. The highest BCUT2D eigenvalue weighted by Crippen LogP contribution is 2.39. The molecule has 0 radical (unpaired) electrons. The summed E-state index contributed by atoms with van der Waals surface area (Å²) in [7, 11) is 3.31. The molecular weight excluding hydrogens is 639 g/mol. The number of benzene rings is 1. The topological polar surface area (TPSA) is 125 Å². The van der Waals surface area contributed by atoms with Gasteiger partial charge in [0, 0.05) is 38.7 Å². The average Bonchev–Trinajstić information content (AvgIpc) is 3.59. The van der Waals surface area contributed by atoms with Crippen LogP contribution in [0.3, 0.4) is 0 Å². The number of hydrogen-bond donors (Lipinski definition) is 2. The van der Waals surface area contributed by atoms with Crippen molar-refractivity contribution in [1.82, 2.24) is 33.7 Å². The largest absolute Gasteiger partial charge is 0.450 e. The van der Waals surface area contributed by atoms with Gasteiger partial charge in [-0.2, -0.15) is 23.3 Å². The fraction of sp³-hybridized carbons (Fsp3) is 0.258. The number of fused-ring (bicyclic) bond motifs is 2. The van der Waals surface area contributed by atoms with Gasteiger partial charge in [0.25, 0.3) is 5.56 Å². The van der Waals surface area contributed by atoms with Gasteiger partial charge in [-0.15, -0.1) is 0 Å². The van der Waals surface area contributed by atoms with Gasteiger partial charge in [0.05, 0.1) is 30.7 Å². The Balaban J connectivity index is 1.16. The molecule has 2 N–H and O–H groups in total. The first kappa shape index (κ1) is 30.5. The number of anilines is 3. The highest BCUT2D eigenvalue weighted by Gasteiger charge is 2.37. The Morgan fingerprint density at radius 1 is 1.09 bits per heavy atom. The molecule has 0 saturated heterocycles. The summed E-state index contributed by atoms with van der Waals surface area (Å²) in [6, 6.07) is 9.90. The van der Waals surface area contributed by atoms with Gasteiger partial charge in [0.1, 0.15) is 16.2 Å². The summed E-state index contributed by atoms with van der Waals surface area (Å²) in [5, 5.41) is 10.2. The molecule has 1 aliphatic carbocycles. The van der Waals surface area contributed by atoms with Crippen molar-refractivity contribution < 1.29 is 22.6 Å². The molecule has 6 aromatic rings. The van der Waals surface area contributed by atoms with Crippen molar-refractivity contribution in [2.45, 2.75) is 37.8 Å². The molecule has 1 aliphatic rings. The van der Waals surface area contributed by atoms with Gasteiger partial charge in [-0.3, -0.25) is 4.79 Å². The van der Waals surface area contributed by atoms with E-state index in [4.69, 9.17) is 21.1 Å². The van der Waals surface area contributed by atoms with Crippen LogP contribution in [0.1, 0.15) is 30.0 Å². The van der Waals surface area contributed by atoms with E-state index in [1.54, 1.807) is 31.0 Å². The van der Waals surface area contributed by atoms with Gasteiger partial charge in [0.2, 0.25) is 5.95 Å². The molecule has 0 bridgehead atoms. The van der Waals surface area contributed by atoms with E-state index in [1.165, 1.54) is 17.0 Å². The molecule has 1 fully saturated rings. The first-order valence-electron chi connectivity index (χ1n) is 14.6. The lowest BCUT2D eigenvalue weighted by Crippen LogP contribution is -2.39. The van der Waals surface area contributed by atoms with Crippen molar-refractivity contribution in [3.05, 3.63) is 93.9 Å². The summed E-state index contributed by atoms with van der Waals surface area (Å²) < 4.78 is 58.2. The zero-order valence-corrected chi connectivity index (χ0v) is 25.7. The Labute approximate surface area is 269 Å². The number of alkyl halides is 3. The normalized spacial score (nSPS) is 16.4. The molecule has 47 heavy (non-hydrogen) atoms. The number of pyridine rings is 2. The van der Waals surface area contributed by atoms with Crippen molar-refractivity contribution >= 4 is 45.7 Å². The second-order valence-electron chi connectivity index (χ2n) is 11.1. The van der Waals surface area contributed by atoms with Crippen molar-refractivity contribution in [2.24, 2.45) is 7.05 Å². The van der Waals surface area contributed by atoms with Crippen LogP contribution in [0, 0.1) is 0 Å². The van der Waals surface area contributed by atoms with Gasteiger partial charge >= 0.3 is 6.18 Å². The average molecular weight is 666 g/mol. The van der Waals surface area contributed by atoms with Gasteiger partial charge in [-0.25, -0.2) is 14.5 Å². The molecule has 7 rings (SSSR count). The van der Waals surface area contributed by atoms with Crippen LogP contribution in [0.4, 0.5) is 30.6 Å². The Bertz CT molecular complexity index is 2160. The standard InChI is InChI=1S/C31H27ClF3N9O3/c1-36-27-25-23(14-39-44(25)9-8-37-27)47-22-13-38-28-26(24(22)32)42(2)30(41-28)40-21-10-18(31(33,34)35)15-43(29(21)45)19-11-20(12-19)46-16-17-6-4-3-5-7-17/h3-10,13-15,19-20H,11-12,16H2,1-2H3,(H,36,37)(H,38,40,41). The summed E-state index contributed by atoms with van der Waals surface area (Å²) in [6.45, 7) is 0.381. The quantitative estimate of drug-likeness (QED) is 0.182. The third kappa shape index (κ3) is 5.72. The second-order valence-corrected chi connectivity index (χ2v) is 11.4. The number of nitrogens with zero attached hydrogens (tertiary/aromatic N) is 7. The number of halogens is 4. The van der Waals surface area contributed by atoms with E-state index in [9.17, 15) is 18.0 Å². The molecule has 5 aromatic heterocycles. The Hall–Kier alpha value is -5.15. The van der Waals surface area contributed by atoms with E-state index in [1.807, 2.05) is 30.3 Å². The van der Waals surface area contributed by atoms with Gasteiger partial charge in [0.15, 0.2) is 28.5 Å². The molecule has 5 heterocycles. The zero-order valence-electron chi connectivity index (χ0n) is 25.0. The Morgan fingerprint density at radius 3 is 2.62 bits per heavy atom. The van der Waals surface area contributed by atoms with E-state index in [0.717, 1.165) is 22.4 Å². The highest BCUT2D eigenvalue weighted by atomic mass is 35.5. The van der Waals surface area contributed by atoms with Crippen LogP contribution in [0.15, 0.2) is 72.2 Å². The molecule has 1 aromatic carbocycles. The van der Waals surface area contributed by atoms with Gasteiger partial charge in [-0.05, 0) is 24.5 Å². The van der Waals surface area contributed by atoms with Crippen LogP contribution in [0.5, 0.6) is 11.5 Å². The molecule has 12 nitrogen and oxygen atoms in total. The number of imidazole rings is 1. The molecule has 242 valence electrons. The van der Waals surface area contributed by atoms with E-state index < -0.39 is 23.3 Å². The Morgan fingerprint density at radius 2 is 1.87 bits per heavy atom. The first-order chi connectivity index (χ1) is 22.6. The third-order valence-corrected chi connectivity index (χ3v) is 8.43. The minimum atomic E-state index is -4.69. The fourth-order valence-electron chi connectivity index (χ4n) is 5.52. The van der Waals surface area contributed by atoms with E-state index in [-0.39, 0.29) is 34.2 Å². The molecule has 0 spiro atoms. The predicted octanol–water partition coefficient (Wildman–Crippen LogP) is 6.34. The first-order valence-corrected chi connectivity index (χ1v) is 14.9. The molecule has 0 aliphatic heterocycles. The van der Waals surface area contributed by atoms with Crippen LogP contribution in [0.2, 0.25) is 5.02 Å². The lowest BCUT2D eigenvalue weighted by Gasteiger charge is -2.36. The molecule has 0 atom stereocenters. The van der Waals surface area contributed by atoms with Crippen molar-refractivity contribution in [3.8, 4) is 11.5 Å². The van der Waals surface area contributed by atoms with E-state index in [0.29, 0.717) is 42.0 Å². The van der Waals surface area contributed by atoms with Crippen molar-refractivity contribution in [3.63, 3.8) is 0 Å². The molecule has 0 amide bonds. The molecule has 16 heteroatoms. The molecular formula is C31H27ClF3N9O3. The van der Waals surface area contributed by atoms with Crippen LogP contribution in [-0.4, -0.2) is 46.9 Å². The number of aryl methyl sites for hydroxylation is 1. The maximum absolute atomic E-state index is 14.0. The summed E-state index contributed by atoms with van der Waals surface area (Å²) in [5.41, 5.74) is 0.196. The smallest absolute Gasteiger partial charge is 0.417 e. The summed E-state index contributed by atoms with van der Waals surface area (Å²) in [5.74, 6) is 1.13. The fourth-order valence-corrected chi connectivity index (χ4v) is 5.81.